The zero-order chi connectivity index (χ0) is 20.2. The number of nitrogens with one attached hydrogen (secondary N) is 1. The van der Waals surface area contributed by atoms with Crippen LogP contribution in [-0.2, 0) is 0 Å². The molecule has 2 N–H and O–H groups in total. The van der Waals surface area contributed by atoms with E-state index in [9.17, 15) is 9.18 Å². The highest BCUT2D eigenvalue weighted by molar-refractivity contribution is 5.94. The number of hydrogen-bond acceptors (Lipinski definition) is 4. The quantitative estimate of drug-likeness (QED) is 0.495. The van der Waals surface area contributed by atoms with E-state index in [0.717, 1.165) is 11.1 Å². The van der Waals surface area contributed by atoms with Gasteiger partial charge in [-0.3, -0.25) is 14.2 Å². The number of halogens is 1. The van der Waals surface area contributed by atoms with E-state index in [1.54, 1.807) is 36.7 Å². The predicted molar refractivity (Wildman–Crippen MR) is 108 cm³/mol. The van der Waals surface area contributed by atoms with Crippen LogP contribution in [0.1, 0.15) is 16.8 Å². The van der Waals surface area contributed by atoms with Crippen LogP contribution >= 0.6 is 0 Å². The second kappa shape index (κ2) is 8.20. The Labute approximate surface area is 166 Å². The van der Waals surface area contributed by atoms with Crippen LogP contribution in [0.3, 0.4) is 0 Å². The van der Waals surface area contributed by atoms with Gasteiger partial charge in [0.15, 0.2) is 0 Å². The topological polar surface area (TPSA) is 79.5 Å². The van der Waals surface area contributed by atoms with E-state index in [-0.39, 0.29) is 18.3 Å². The van der Waals surface area contributed by atoms with Crippen molar-refractivity contribution in [1.29, 1.82) is 0 Å². The molecule has 0 spiro atoms. The molecule has 0 radical (unpaired) electrons. The highest BCUT2D eigenvalue weighted by Crippen LogP contribution is 2.24. The average Bonchev–Trinajstić information content (AvgIpc) is 3.17. The van der Waals surface area contributed by atoms with Crippen molar-refractivity contribution in [3.05, 3.63) is 78.5 Å². The molecule has 4 aromatic rings. The Morgan fingerprint density at radius 2 is 1.86 bits per heavy atom. The number of carbonyl (C=O) groups is 1. The van der Waals surface area contributed by atoms with Crippen LogP contribution in [0.25, 0.3) is 28.2 Å². The minimum Gasteiger partial charge on any atom is -0.396 e. The van der Waals surface area contributed by atoms with Gasteiger partial charge < -0.3 is 10.4 Å². The molecule has 4 rings (SSSR count). The third kappa shape index (κ3) is 4.00. The molecule has 0 unspecified atom stereocenters. The summed E-state index contributed by atoms with van der Waals surface area (Å²) in [7, 11) is 0. The normalized spacial score (nSPS) is 11.0. The van der Waals surface area contributed by atoms with E-state index >= 15 is 0 Å². The van der Waals surface area contributed by atoms with E-state index in [0.29, 0.717) is 35.6 Å². The maximum Gasteiger partial charge on any atom is 0.251 e. The molecule has 1 amide bonds. The van der Waals surface area contributed by atoms with Gasteiger partial charge in [-0.2, -0.15) is 0 Å². The summed E-state index contributed by atoms with van der Waals surface area (Å²) in [4.78, 5) is 21.0. The molecule has 0 saturated carbocycles. The number of aromatic nitrogens is 3. The van der Waals surface area contributed by atoms with E-state index in [1.165, 1.54) is 12.1 Å². The van der Waals surface area contributed by atoms with Gasteiger partial charge in [-0.25, -0.2) is 9.37 Å². The summed E-state index contributed by atoms with van der Waals surface area (Å²) < 4.78 is 15.5. The number of aliphatic hydroxyl groups is 1. The molecule has 2 aromatic carbocycles. The summed E-state index contributed by atoms with van der Waals surface area (Å²) >= 11 is 0. The van der Waals surface area contributed by atoms with Crippen LogP contribution in [0.15, 0.2) is 67.1 Å². The lowest BCUT2D eigenvalue weighted by Gasteiger charge is -2.07. The molecule has 0 bridgehead atoms. The SMILES string of the molecule is O=C(NCCCO)c1ccc(-c2ncc3cnc(-c4cccc(F)c4)cn23)cc1. The second-order valence-electron chi connectivity index (χ2n) is 6.57. The first-order chi connectivity index (χ1) is 14.2. The van der Waals surface area contributed by atoms with Crippen LogP contribution in [0.4, 0.5) is 4.39 Å². The molecular formula is C22H19FN4O2. The van der Waals surface area contributed by atoms with Crippen LogP contribution in [0.2, 0.25) is 0 Å². The smallest absolute Gasteiger partial charge is 0.251 e. The van der Waals surface area contributed by atoms with E-state index in [2.05, 4.69) is 15.3 Å². The van der Waals surface area contributed by atoms with Gasteiger partial charge in [0.05, 0.1) is 23.6 Å². The number of imidazole rings is 1. The third-order valence-corrected chi connectivity index (χ3v) is 4.56. The Bertz CT molecular complexity index is 1160. The first kappa shape index (κ1) is 18.8. The van der Waals surface area contributed by atoms with Gasteiger partial charge in [-0.05, 0) is 30.7 Å². The third-order valence-electron chi connectivity index (χ3n) is 4.56. The summed E-state index contributed by atoms with van der Waals surface area (Å²) in [5.41, 5.74) is 3.51. The molecule has 0 saturated heterocycles. The number of aliphatic hydroxyl groups excluding tert-OH is 1. The first-order valence-electron chi connectivity index (χ1n) is 9.24. The maximum absolute atomic E-state index is 13.6. The zero-order valence-corrected chi connectivity index (χ0v) is 15.5. The summed E-state index contributed by atoms with van der Waals surface area (Å²) in [5.74, 6) is 0.200. The monoisotopic (exact) mass is 390 g/mol. The molecule has 6 nitrogen and oxygen atoms in total. The lowest BCUT2D eigenvalue weighted by Crippen LogP contribution is -2.24. The summed E-state index contributed by atoms with van der Waals surface area (Å²) in [5, 5.41) is 11.6. The minimum absolute atomic E-state index is 0.0403. The van der Waals surface area contributed by atoms with Gasteiger partial charge in [0.2, 0.25) is 0 Å². The molecule has 146 valence electrons. The largest absolute Gasteiger partial charge is 0.396 e. The number of carbonyl (C=O) groups excluding carboxylic acids is 1. The van der Waals surface area contributed by atoms with Crippen LogP contribution < -0.4 is 5.32 Å². The Morgan fingerprint density at radius 1 is 1.07 bits per heavy atom. The van der Waals surface area contributed by atoms with Crippen molar-refractivity contribution in [3.63, 3.8) is 0 Å². The van der Waals surface area contributed by atoms with Crippen molar-refractivity contribution in [1.82, 2.24) is 19.7 Å². The average molecular weight is 390 g/mol. The molecule has 0 aliphatic heterocycles. The second-order valence-corrected chi connectivity index (χ2v) is 6.57. The Balaban J connectivity index is 1.64. The molecule has 0 aliphatic carbocycles. The zero-order valence-electron chi connectivity index (χ0n) is 15.5. The number of benzene rings is 2. The number of fused-ring (bicyclic) bond motifs is 1. The number of nitrogens with zero attached hydrogens (tertiary/aromatic N) is 3. The Morgan fingerprint density at radius 3 is 2.62 bits per heavy atom. The van der Waals surface area contributed by atoms with Crippen molar-refractivity contribution in [2.75, 3.05) is 13.2 Å². The van der Waals surface area contributed by atoms with Gasteiger partial charge in [0.25, 0.3) is 5.91 Å². The molecule has 0 atom stereocenters. The highest BCUT2D eigenvalue weighted by Gasteiger charge is 2.11. The van der Waals surface area contributed by atoms with Gasteiger partial charge >= 0.3 is 0 Å². The van der Waals surface area contributed by atoms with Crippen molar-refractivity contribution >= 4 is 11.4 Å². The fraction of sp³-hybridized carbons (Fsp3) is 0.136. The van der Waals surface area contributed by atoms with Crippen molar-refractivity contribution in [2.45, 2.75) is 6.42 Å². The maximum atomic E-state index is 13.6. The molecule has 2 heterocycles. The van der Waals surface area contributed by atoms with Gasteiger partial charge in [-0.1, -0.05) is 24.3 Å². The summed E-state index contributed by atoms with van der Waals surface area (Å²) in [6, 6.07) is 13.4. The van der Waals surface area contributed by atoms with E-state index in [1.807, 2.05) is 22.7 Å². The van der Waals surface area contributed by atoms with Crippen molar-refractivity contribution in [2.24, 2.45) is 0 Å². The fourth-order valence-corrected chi connectivity index (χ4v) is 3.06. The molecule has 7 heteroatoms. The molecule has 0 aliphatic rings. The van der Waals surface area contributed by atoms with Crippen LogP contribution in [-0.4, -0.2) is 38.5 Å². The minimum atomic E-state index is -0.317. The first-order valence-corrected chi connectivity index (χ1v) is 9.24. The number of amides is 1. The van der Waals surface area contributed by atoms with E-state index in [4.69, 9.17) is 5.11 Å². The molecule has 0 fully saturated rings. The van der Waals surface area contributed by atoms with Gasteiger partial charge in [-0.15, -0.1) is 0 Å². The van der Waals surface area contributed by atoms with Gasteiger partial charge in [0.1, 0.15) is 11.6 Å². The fourth-order valence-electron chi connectivity index (χ4n) is 3.06. The van der Waals surface area contributed by atoms with E-state index < -0.39 is 0 Å². The summed E-state index contributed by atoms with van der Waals surface area (Å²) in [6.07, 6.45) is 5.75. The predicted octanol–water partition coefficient (Wildman–Crippen LogP) is 3.31. The summed E-state index contributed by atoms with van der Waals surface area (Å²) in [6.45, 7) is 0.469. The Hall–Kier alpha value is -3.58. The standard InChI is InChI=1S/C22H19FN4O2/c23-18-4-1-3-17(11-18)20-14-27-19(12-25-20)13-26-21(27)15-5-7-16(8-6-15)22(29)24-9-2-10-28/h1,3-8,11-14,28H,2,9-10H2,(H,24,29). The molecule has 2 aromatic heterocycles. The highest BCUT2D eigenvalue weighted by atomic mass is 19.1. The lowest BCUT2D eigenvalue weighted by molar-refractivity contribution is 0.0951. The van der Waals surface area contributed by atoms with Crippen LogP contribution in [0.5, 0.6) is 0 Å². The molecular weight excluding hydrogens is 371 g/mol. The Kier molecular flexibility index (Phi) is 5.31. The number of rotatable bonds is 6. The van der Waals surface area contributed by atoms with Gasteiger partial charge in [0, 0.05) is 36.0 Å². The number of hydrogen-bond donors (Lipinski definition) is 2. The van der Waals surface area contributed by atoms with Crippen LogP contribution in [0, 0.1) is 5.82 Å². The lowest BCUT2D eigenvalue weighted by atomic mass is 10.1. The molecule has 29 heavy (non-hydrogen) atoms. The van der Waals surface area contributed by atoms with Crippen molar-refractivity contribution in [3.8, 4) is 22.6 Å². The van der Waals surface area contributed by atoms with Crippen molar-refractivity contribution < 1.29 is 14.3 Å².